The lowest BCUT2D eigenvalue weighted by Crippen LogP contribution is -2.19. The Morgan fingerprint density at radius 2 is 1.83 bits per heavy atom. The van der Waals surface area contributed by atoms with E-state index < -0.39 is 0 Å². The number of fused-ring (bicyclic) bond motifs is 1. The third kappa shape index (κ3) is 2.23. The molecule has 5 nitrogen and oxygen atoms in total. The fraction of sp³-hybridized carbons (Fsp3) is 0.0556. The van der Waals surface area contributed by atoms with E-state index in [1.807, 2.05) is 61.8 Å². The van der Waals surface area contributed by atoms with E-state index in [1.54, 1.807) is 21.8 Å². The lowest BCUT2D eigenvalue weighted by molar-refractivity contribution is 0.768. The van der Waals surface area contributed by atoms with Crippen molar-refractivity contribution in [1.82, 2.24) is 19.3 Å². The van der Waals surface area contributed by atoms with Crippen molar-refractivity contribution in [3.8, 4) is 16.8 Å². The van der Waals surface area contributed by atoms with E-state index in [4.69, 9.17) is 0 Å². The van der Waals surface area contributed by atoms with Gasteiger partial charge in [0.2, 0.25) is 0 Å². The Labute approximate surface area is 132 Å². The third-order valence-electron chi connectivity index (χ3n) is 3.84. The maximum Gasteiger partial charge on any atom is 0.266 e. The van der Waals surface area contributed by atoms with Crippen LogP contribution in [0.5, 0.6) is 0 Å². The van der Waals surface area contributed by atoms with Gasteiger partial charge in [-0.2, -0.15) is 5.10 Å². The summed E-state index contributed by atoms with van der Waals surface area (Å²) in [4.78, 5) is 17.5. The van der Waals surface area contributed by atoms with Crippen LogP contribution in [-0.4, -0.2) is 19.3 Å². The maximum absolute atomic E-state index is 13.0. The number of aromatic nitrogens is 4. The van der Waals surface area contributed by atoms with Crippen LogP contribution in [0.1, 0.15) is 0 Å². The number of hydrogen-bond donors (Lipinski definition) is 0. The fourth-order valence-corrected chi connectivity index (χ4v) is 2.74. The summed E-state index contributed by atoms with van der Waals surface area (Å²) in [5, 5.41) is 4.80. The lowest BCUT2D eigenvalue weighted by atomic mass is 10.0. The Balaban J connectivity index is 2.05. The van der Waals surface area contributed by atoms with E-state index in [0.717, 1.165) is 16.8 Å². The first-order chi connectivity index (χ1) is 11.2. The highest BCUT2D eigenvalue weighted by Crippen LogP contribution is 2.25. The van der Waals surface area contributed by atoms with Gasteiger partial charge in [0.1, 0.15) is 6.33 Å². The van der Waals surface area contributed by atoms with Crippen LogP contribution in [0.3, 0.4) is 0 Å². The molecule has 4 aromatic rings. The smallest absolute Gasteiger partial charge is 0.266 e. The van der Waals surface area contributed by atoms with Crippen molar-refractivity contribution in [2.24, 2.45) is 7.05 Å². The first kappa shape index (κ1) is 13.5. The van der Waals surface area contributed by atoms with E-state index in [9.17, 15) is 4.79 Å². The van der Waals surface area contributed by atoms with Gasteiger partial charge in [0.15, 0.2) is 0 Å². The highest BCUT2D eigenvalue weighted by molar-refractivity contribution is 5.93. The predicted octanol–water partition coefficient (Wildman–Crippen LogP) is 2.79. The van der Waals surface area contributed by atoms with Crippen molar-refractivity contribution in [2.75, 3.05) is 0 Å². The molecule has 0 saturated heterocycles. The molecule has 2 heterocycles. The van der Waals surface area contributed by atoms with Gasteiger partial charge in [0.25, 0.3) is 5.56 Å². The summed E-state index contributed by atoms with van der Waals surface area (Å²) in [6, 6.07) is 15.2. The van der Waals surface area contributed by atoms with Crippen molar-refractivity contribution in [1.29, 1.82) is 0 Å². The molecule has 2 aromatic carbocycles. The van der Waals surface area contributed by atoms with E-state index in [2.05, 4.69) is 10.1 Å². The predicted molar refractivity (Wildman–Crippen MR) is 89.5 cm³/mol. The highest BCUT2D eigenvalue weighted by Gasteiger charge is 2.12. The standard InChI is InChI=1S/C18H14N4O/c1-21-11-13(10-20-21)15-8-5-9-16-17(15)18(23)22(12-19-16)14-6-3-2-4-7-14/h2-12H,1H3. The summed E-state index contributed by atoms with van der Waals surface area (Å²) in [5.41, 5.74) is 3.15. The summed E-state index contributed by atoms with van der Waals surface area (Å²) in [7, 11) is 1.86. The van der Waals surface area contributed by atoms with E-state index >= 15 is 0 Å². The molecule has 0 unspecified atom stereocenters. The number of nitrogens with zero attached hydrogens (tertiary/aromatic N) is 4. The van der Waals surface area contributed by atoms with Gasteiger partial charge in [-0.25, -0.2) is 4.98 Å². The second-order valence-corrected chi connectivity index (χ2v) is 5.36. The molecule has 23 heavy (non-hydrogen) atoms. The zero-order chi connectivity index (χ0) is 15.8. The van der Waals surface area contributed by atoms with Gasteiger partial charge in [0, 0.05) is 18.8 Å². The van der Waals surface area contributed by atoms with Crippen molar-refractivity contribution in [3.05, 3.63) is 77.6 Å². The van der Waals surface area contributed by atoms with E-state index in [1.165, 1.54) is 0 Å². The van der Waals surface area contributed by atoms with Crippen LogP contribution in [0.15, 0.2) is 72.0 Å². The molecule has 0 atom stereocenters. The minimum absolute atomic E-state index is 0.0827. The molecule has 0 radical (unpaired) electrons. The monoisotopic (exact) mass is 302 g/mol. The molecule has 0 aliphatic heterocycles. The minimum Gasteiger partial charge on any atom is -0.275 e. The summed E-state index contributed by atoms with van der Waals surface area (Å²) < 4.78 is 3.29. The largest absolute Gasteiger partial charge is 0.275 e. The maximum atomic E-state index is 13.0. The van der Waals surface area contributed by atoms with Crippen molar-refractivity contribution in [2.45, 2.75) is 0 Å². The van der Waals surface area contributed by atoms with Gasteiger partial charge >= 0.3 is 0 Å². The second-order valence-electron chi connectivity index (χ2n) is 5.36. The van der Waals surface area contributed by atoms with Gasteiger partial charge in [0.05, 0.1) is 22.8 Å². The lowest BCUT2D eigenvalue weighted by Gasteiger charge is -2.08. The van der Waals surface area contributed by atoms with Crippen molar-refractivity contribution in [3.63, 3.8) is 0 Å². The first-order valence-electron chi connectivity index (χ1n) is 7.29. The van der Waals surface area contributed by atoms with Crippen LogP contribution in [0, 0.1) is 0 Å². The number of hydrogen-bond acceptors (Lipinski definition) is 3. The average Bonchev–Trinajstić information content (AvgIpc) is 3.02. The normalized spacial score (nSPS) is 11.0. The molecule has 5 heteroatoms. The molecular weight excluding hydrogens is 288 g/mol. The molecule has 2 aromatic heterocycles. The Morgan fingerprint density at radius 3 is 2.57 bits per heavy atom. The molecule has 0 saturated carbocycles. The van der Waals surface area contributed by atoms with Crippen LogP contribution >= 0.6 is 0 Å². The molecule has 0 bridgehead atoms. The molecule has 0 fully saturated rings. The minimum atomic E-state index is -0.0827. The van der Waals surface area contributed by atoms with Gasteiger partial charge in [-0.3, -0.25) is 14.0 Å². The second kappa shape index (κ2) is 5.21. The van der Waals surface area contributed by atoms with Crippen LogP contribution in [-0.2, 0) is 7.05 Å². The highest BCUT2D eigenvalue weighted by atomic mass is 16.1. The van der Waals surface area contributed by atoms with E-state index in [-0.39, 0.29) is 5.56 Å². The molecular formula is C18H14N4O. The van der Waals surface area contributed by atoms with Gasteiger partial charge in [-0.1, -0.05) is 30.3 Å². The Kier molecular flexibility index (Phi) is 3.05. The summed E-state index contributed by atoms with van der Waals surface area (Å²) >= 11 is 0. The van der Waals surface area contributed by atoms with Crippen molar-refractivity contribution < 1.29 is 0 Å². The SMILES string of the molecule is Cn1cc(-c2cccc3ncn(-c4ccccc4)c(=O)c23)cn1. The molecule has 4 rings (SSSR count). The molecule has 0 amide bonds. The van der Waals surface area contributed by atoms with Crippen LogP contribution < -0.4 is 5.56 Å². The molecule has 0 spiro atoms. The Bertz CT molecular complexity index is 1050. The summed E-state index contributed by atoms with van der Waals surface area (Å²) in [6.07, 6.45) is 5.23. The Morgan fingerprint density at radius 1 is 1.00 bits per heavy atom. The van der Waals surface area contributed by atoms with Crippen LogP contribution in [0.2, 0.25) is 0 Å². The summed E-state index contributed by atoms with van der Waals surface area (Å²) in [6.45, 7) is 0. The fourth-order valence-electron chi connectivity index (χ4n) is 2.74. The van der Waals surface area contributed by atoms with Gasteiger partial charge in [-0.15, -0.1) is 0 Å². The molecule has 112 valence electrons. The van der Waals surface area contributed by atoms with Gasteiger partial charge in [-0.05, 0) is 23.8 Å². The van der Waals surface area contributed by atoms with Gasteiger partial charge < -0.3 is 0 Å². The number of benzene rings is 2. The van der Waals surface area contributed by atoms with Crippen LogP contribution in [0.25, 0.3) is 27.7 Å². The zero-order valence-corrected chi connectivity index (χ0v) is 12.5. The summed E-state index contributed by atoms with van der Waals surface area (Å²) in [5.74, 6) is 0. The number of aryl methyl sites for hydroxylation is 1. The number of para-hydroxylation sites is 1. The Hall–Kier alpha value is -3.21. The molecule has 0 N–H and O–H groups in total. The average molecular weight is 302 g/mol. The number of rotatable bonds is 2. The zero-order valence-electron chi connectivity index (χ0n) is 12.5. The van der Waals surface area contributed by atoms with Crippen LogP contribution in [0.4, 0.5) is 0 Å². The first-order valence-corrected chi connectivity index (χ1v) is 7.29. The molecule has 0 aliphatic rings. The topological polar surface area (TPSA) is 52.7 Å². The van der Waals surface area contributed by atoms with E-state index in [0.29, 0.717) is 10.9 Å². The van der Waals surface area contributed by atoms with Crippen molar-refractivity contribution >= 4 is 10.9 Å². The third-order valence-corrected chi connectivity index (χ3v) is 3.84. The molecule has 0 aliphatic carbocycles. The quantitative estimate of drug-likeness (QED) is 0.572.